The Labute approximate surface area is 162 Å². The van der Waals surface area contributed by atoms with Crippen LogP contribution in [0.15, 0.2) is 45.3 Å². The molecule has 0 nitrogen and oxygen atoms in total. The van der Waals surface area contributed by atoms with Gasteiger partial charge in [-0.3, -0.25) is 0 Å². The van der Waals surface area contributed by atoms with Crippen LogP contribution >= 0.6 is 47.4 Å². The van der Waals surface area contributed by atoms with E-state index in [2.05, 4.69) is 88.2 Å². The molecule has 0 bridgehead atoms. The van der Waals surface area contributed by atoms with Crippen molar-refractivity contribution in [2.24, 2.45) is 0 Å². The SMILES string of the molecule is CC1=Cc2c(I)cccc2[CH]1[Zr]([CH3])([CH3])(=[SiH2])[C]1=CC=CC1.Cl.Cl. The van der Waals surface area contributed by atoms with E-state index in [1.165, 1.54) is 15.6 Å². The van der Waals surface area contributed by atoms with E-state index < -0.39 is 17.4 Å². The summed E-state index contributed by atoms with van der Waals surface area (Å²) >= 11 is -0.439. The van der Waals surface area contributed by atoms with Gasteiger partial charge in [-0.1, -0.05) is 0 Å². The maximum Gasteiger partial charge on any atom is -0.147 e. The zero-order valence-corrected chi connectivity index (χ0v) is 20.9. The van der Waals surface area contributed by atoms with Crippen LogP contribution in [0.25, 0.3) is 6.08 Å². The molecular formula is C17H23Cl2ISiZr. The molecule has 0 radical (unpaired) electrons. The molecule has 22 heavy (non-hydrogen) atoms. The van der Waals surface area contributed by atoms with Gasteiger partial charge in [0.25, 0.3) is 0 Å². The molecule has 1 atom stereocenters. The molecule has 0 saturated heterocycles. The minimum Gasteiger partial charge on any atom is -0.147 e. The van der Waals surface area contributed by atoms with Crippen molar-refractivity contribution in [3.05, 3.63) is 60.0 Å². The molecule has 0 N–H and O–H groups in total. The van der Waals surface area contributed by atoms with Crippen molar-refractivity contribution < 1.29 is 17.4 Å². The molecule has 1 unspecified atom stereocenters. The summed E-state index contributed by atoms with van der Waals surface area (Å²) in [5, 5.41) is 0. The van der Waals surface area contributed by atoms with Crippen LogP contribution in [0.3, 0.4) is 0 Å². The van der Waals surface area contributed by atoms with Crippen LogP contribution in [-0.4, -0.2) is 6.88 Å². The maximum absolute atomic E-state index is 2.92. The van der Waals surface area contributed by atoms with Gasteiger partial charge in [-0.25, -0.2) is 0 Å². The number of allylic oxidation sites excluding steroid dienone is 5. The van der Waals surface area contributed by atoms with Gasteiger partial charge in [0.2, 0.25) is 0 Å². The summed E-state index contributed by atoms with van der Waals surface area (Å²) in [5.74, 6) is 0. The predicted octanol–water partition coefficient (Wildman–Crippen LogP) is 5.77. The normalized spacial score (nSPS) is 19.8. The van der Waals surface area contributed by atoms with Crippen LogP contribution in [0.5, 0.6) is 0 Å². The third kappa shape index (κ3) is 3.31. The minimum atomic E-state index is -2.92. The van der Waals surface area contributed by atoms with Crippen molar-refractivity contribution >= 4 is 60.4 Å². The van der Waals surface area contributed by atoms with Crippen molar-refractivity contribution in [2.75, 3.05) is 0 Å². The van der Waals surface area contributed by atoms with Crippen molar-refractivity contribution in [1.82, 2.24) is 0 Å². The van der Waals surface area contributed by atoms with E-state index in [9.17, 15) is 0 Å². The monoisotopic (exact) mass is 542 g/mol. The standard InChI is InChI=1S/C10H8I.C5H5.2CH3.2ClH.H2Si.Zr/c1-7-5-8-3-2-4-10(11)9(8)6-7;1-2-4-5-3-1;;;;;;/h2-6H,1H3;1-3H,4H2;2*1H3;2*1H;1H2;. The van der Waals surface area contributed by atoms with E-state index in [0.29, 0.717) is 3.63 Å². The molecule has 2 aliphatic carbocycles. The number of fused-ring (bicyclic) bond motifs is 1. The average Bonchev–Trinajstić information content (AvgIpc) is 2.95. The maximum atomic E-state index is 2.63. The van der Waals surface area contributed by atoms with Crippen molar-refractivity contribution in [2.45, 2.75) is 26.2 Å². The van der Waals surface area contributed by atoms with E-state index in [-0.39, 0.29) is 24.8 Å². The molecular weight excluding hydrogens is 521 g/mol. The van der Waals surface area contributed by atoms with Crippen molar-refractivity contribution in [1.29, 1.82) is 0 Å². The first kappa shape index (κ1) is 20.9. The van der Waals surface area contributed by atoms with E-state index in [4.69, 9.17) is 0 Å². The quantitative estimate of drug-likeness (QED) is 0.328. The van der Waals surface area contributed by atoms with Crippen LogP contribution < -0.4 is 0 Å². The number of hydrogen-bond acceptors (Lipinski definition) is 0. The second-order valence-electron chi connectivity index (χ2n) is 7.20. The van der Waals surface area contributed by atoms with Gasteiger partial charge in [0.1, 0.15) is 0 Å². The molecule has 0 aromatic heterocycles. The summed E-state index contributed by atoms with van der Waals surface area (Å²) in [7, 11) is 0. The number of benzene rings is 1. The van der Waals surface area contributed by atoms with E-state index in [1.807, 2.05) is 0 Å². The summed E-state index contributed by atoms with van der Waals surface area (Å²) in [4.78, 5) is 0. The Hall–Kier alpha value is 0.850. The van der Waals surface area contributed by atoms with Gasteiger partial charge in [0.15, 0.2) is 0 Å². The van der Waals surface area contributed by atoms with Gasteiger partial charge in [-0.05, 0) is 0 Å². The van der Waals surface area contributed by atoms with Crippen LogP contribution in [0.1, 0.15) is 28.1 Å². The summed E-state index contributed by atoms with van der Waals surface area (Å²) < 4.78 is 9.11. The molecule has 5 heteroatoms. The molecule has 0 aliphatic heterocycles. The molecule has 0 amide bonds. The minimum absolute atomic E-state index is 0. The molecule has 120 valence electrons. The molecule has 1 aromatic carbocycles. The molecule has 0 heterocycles. The Morgan fingerprint density at radius 2 is 1.91 bits per heavy atom. The third-order valence-corrected chi connectivity index (χ3v) is 23.6. The van der Waals surface area contributed by atoms with Crippen LogP contribution in [0.2, 0.25) is 9.26 Å². The van der Waals surface area contributed by atoms with E-state index >= 15 is 0 Å². The number of rotatable bonds is 2. The van der Waals surface area contributed by atoms with Gasteiger partial charge >= 0.3 is 139 Å². The molecule has 0 spiro atoms. The van der Waals surface area contributed by atoms with Gasteiger partial charge in [-0.15, -0.1) is 24.8 Å². The first-order chi connectivity index (χ1) is 9.30. The molecule has 1 aromatic rings. The Balaban J connectivity index is 0.00000121. The van der Waals surface area contributed by atoms with E-state index in [1.54, 1.807) is 14.4 Å². The second kappa shape index (κ2) is 7.00. The molecule has 0 fully saturated rings. The number of hydrogen-bond donors (Lipinski definition) is 0. The molecule has 0 saturated carbocycles. The molecule has 3 rings (SSSR count). The van der Waals surface area contributed by atoms with Crippen molar-refractivity contribution in [3.63, 3.8) is 0 Å². The van der Waals surface area contributed by atoms with Crippen LogP contribution in [0.4, 0.5) is 0 Å². The fourth-order valence-corrected chi connectivity index (χ4v) is 20.7. The summed E-state index contributed by atoms with van der Waals surface area (Å²) in [5.41, 5.74) is 4.66. The van der Waals surface area contributed by atoms with Crippen molar-refractivity contribution in [3.8, 4) is 0 Å². The smallest absolute Gasteiger partial charge is 0.147 e. The Bertz CT molecular complexity index is 756. The van der Waals surface area contributed by atoms with E-state index in [0.717, 1.165) is 0 Å². The largest absolute Gasteiger partial charge is 0.147 e. The first-order valence-electron chi connectivity index (χ1n) is 7.20. The number of halogens is 3. The summed E-state index contributed by atoms with van der Waals surface area (Å²) in [6.45, 7) is 4.71. The van der Waals surface area contributed by atoms with Gasteiger partial charge in [0, 0.05) is 0 Å². The fourth-order valence-electron chi connectivity index (χ4n) is 3.98. The van der Waals surface area contributed by atoms with Gasteiger partial charge in [0.05, 0.1) is 0 Å². The second-order valence-corrected chi connectivity index (χ2v) is 38.0. The predicted molar refractivity (Wildman–Crippen MR) is 112 cm³/mol. The summed E-state index contributed by atoms with van der Waals surface area (Å²) in [6, 6.07) is 6.83. The zero-order chi connectivity index (χ0) is 14.6. The Morgan fingerprint density at radius 1 is 1.23 bits per heavy atom. The van der Waals surface area contributed by atoms with Gasteiger partial charge < -0.3 is 0 Å². The third-order valence-electron chi connectivity index (χ3n) is 4.98. The fraction of sp³-hybridized carbons (Fsp3) is 0.294. The van der Waals surface area contributed by atoms with Crippen LogP contribution in [0, 0.1) is 3.57 Å². The van der Waals surface area contributed by atoms with Crippen LogP contribution in [-0.2, 0) is 17.4 Å². The molecule has 2 aliphatic rings. The Morgan fingerprint density at radius 3 is 2.50 bits per heavy atom. The topological polar surface area (TPSA) is 0 Å². The Kier molecular flexibility index (Phi) is 6.64. The first-order valence-corrected chi connectivity index (χ1v) is 21.8. The zero-order valence-electron chi connectivity index (χ0n) is 13.2. The summed E-state index contributed by atoms with van der Waals surface area (Å²) in [6.07, 6.45) is 10.6. The van der Waals surface area contributed by atoms with Gasteiger partial charge in [-0.2, -0.15) is 0 Å². The average molecular weight is 544 g/mol.